The highest BCUT2D eigenvalue weighted by molar-refractivity contribution is 7.99. The first kappa shape index (κ1) is 16.7. The van der Waals surface area contributed by atoms with Gasteiger partial charge in [-0.3, -0.25) is 0 Å². The zero-order valence-corrected chi connectivity index (χ0v) is 12.6. The Kier molecular flexibility index (Phi) is 6.77. The van der Waals surface area contributed by atoms with Crippen molar-refractivity contribution in [1.82, 2.24) is 14.8 Å². The molecule has 1 aromatic carbocycles. The number of nitrogens with two attached hydrogens (primary N) is 1. The molecule has 0 bridgehead atoms. The number of ether oxygens (including phenoxy) is 1. The van der Waals surface area contributed by atoms with Gasteiger partial charge in [-0.2, -0.15) is 0 Å². The standard InChI is InChI=1S/C12H15FN4OS.ClH/c1-17-11(8-14)15-16-12(17)19-7-6-18-10-4-2-9(13)3-5-10;/h2-5H,6-8,14H2,1H3;1H. The van der Waals surface area contributed by atoms with E-state index < -0.39 is 0 Å². The van der Waals surface area contributed by atoms with Gasteiger partial charge in [-0.25, -0.2) is 4.39 Å². The van der Waals surface area contributed by atoms with Crippen molar-refractivity contribution in [2.45, 2.75) is 11.7 Å². The second-order valence-electron chi connectivity index (χ2n) is 3.81. The van der Waals surface area contributed by atoms with Gasteiger partial charge in [0.25, 0.3) is 0 Å². The largest absolute Gasteiger partial charge is 0.493 e. The van der Waals surface area contributed by atoms with Crippen molar-refractivity contribution in [3.63, 3.8) is 0 Å². The van der Waals surface area contributed by atoms with E-state index in [1.165, 1.54) is 12.1 Å². The summed E-state index contributed by atoms with van der Waals surface area (Å²) in [7, 11) is 1.88. The van der Waals surface area contributed by atoms with E-state index in [1.54, 1.807) is 23.9 Å². The second kappa shape index (κ2) is 8.08. The third-order valence-electron chi connectivity index (χ3n) is 2.50. The van der Waals surface area contributed by atoms with Crippen LogP contribution in [0.1, 0.15) is 5.82 Å². The van der Waals surface area contributed by atoms with E-state index in [1.807, 2.05) is 11.6 Å². The molecule has 20 heavy (non-hydrogen) atoms. The summed E-state index contributed by atoms with van der Waals surface area (Å²) in [5.41, 5.74) is 5.52. The molecular formula is C12H16ClFN4OS. The normalized spacial score (nSPS) is 10.2. The minimum atomic E-state index is -0.268. The van der Waals surface area contributed by atoms with Gasteiger partial charge < -0.3 is 15.0 Å². The molecule has 0 fully saturated rings. The third kappa shape index (κ3) is 4.36. The predicted octanol–water partition coefficient (Wildman–Crippen LogP) is 2.01. The van der Waals surface area contributed by atoms with Gasteiger partial charge in [-0.05, 0) is 24.3 Å². The first-order valence-corrected chi connectivity index (χ1v) is 6.78. The zero-order chi connectivity index (χ0) is 13.7. The summed E-state index contributed by atoms with van der Waals surface area (Å²) >= 11 is 1.54. The fourth-order valence-electron chi connectivity index (χ4n) is 1.47. The number of nitrogens with zero attached hydrogens (tertiary/aromatic N) is 3. The third-order valence-corrected chi connectivity index (χ3v) is 3.49. The van der Waals surface area contributed by atoms with Gasteiger partial charge in [-0.15, -0.1) is 22.6 Å². The fraction of sp³-hybridized carbons (Fsp3) is 0.333. The van der Waals surface area contributed by atoms with Gasteiger partial charge >= 0.3 is 0 Å². The van der Waals surface area contributed by atoms with Gasteiger partial charge in [0, 0.05) is 12.8 Å². The van der Waals surface area contributed by atoms with Gasteiger partial charge in [0.15, 0.2) is 5.16 Å². The molecule has 1 heterocycles. The van der Waals surface area contributed by atoms with Crippen molar-refractivity contribution in [3.8, 4) is 5.75 Å². The first-order chi connectivity index (χ1) is 9.20. The maximum atomic E-state index is 12.7. The molecule has 5 nitrogen and oxygen atoms in total. The van der Waals surface area contributed by atoms with Crippen LogP contribution in [-0.2, 0) is 13.6 Å². The summed E-state index contributed by atoms with van der Waals surface area (Å²) in [6.45, 7) is 0.886. The van der Waals surface area contributed by atoms with Crippen molar-refractivity contribution in [3.05, 3.63) is 35.9 Å². The molecule has 110 valence electrons. The van der Waals surface area contributed by atoms with Gasteiger partial charge in [0.05, 0.1) is 13.2 Å². The number of hydrogen-bond donors (Lipinski definition) is 1. The summed E-state index contributed by atoms with van der Waals surface area (Å²) in [4.78, 5) is 0. The number of hydrogen-bond acceptors (Lipinski definition) is 5. The van der Waals surface area contributed by atoms with Crippen molar-refractivity contribution in [2.24, 2.45) is 12.8 Å². The number of benzene rings is 1. The lowest BCUT2D eigenvalue weighted by atomic mass is 10.3. The Labute approximate surface area is 127 Å². The Morgan fingerprint density at radius 3 is 2.60 bits per heavy atom. The second-order valence-corrected chi connectivity index (χ2v) is 4.87. The van der Waals surface area contributed by atoms with Gasteiger partial charge in [0.1, 0.15) is 17.4 Å². The average molecular weight is 319 g/mol. The monoisotopic (exact) mass is 318 g/mol. The Hall–Kier alpha value is -1.31. The van der Waals surface area contributed by atoms with Crippen LogP contribution in [-0.4, -0.2) is 27.1 Å². The topological polar surface area (TPSA) is 66.0 Å². The summed E-state index contributed by atoms with van der Waals surface area (Å²) < 4.78 is 20.0. The van der Waals surface area contributed by atoms with Crippen LogP contribution in [0.3, 0.4) is 0 Å². The average Bonchev–Trinajstić information content (AvgIpc) is 2.77. The van der Waals surface area contributed by atoms with E-state index in [0.717, 1.165) is 16.7 Å². The molecule has 0 aliphatic rings. The van der Waals surface area contributed by atoms with Crippen LogP contribution in [0.2, 0.25) is 0 Å². The maximum Gasteiger partial charge on any atom is 0.191 e. The number of halogens is 2. The van der Waals surface area contributed by atoms with E-state index in [2.05, 4.69) is 10.2 Å². The molecule has 0 aliphatic heterocycles. The molecule has 0 aliphatic carbocycles. The van der Waals surface area contributed by atoms with Gasteiger partial charge in [0.2, 0.25) is 0 Å². The molecule has 0 saturated heterocycles. The number of rotatable bonds is 6. The summed E-state index contributed by atoms with van der Waals surface area (Å²) in [6.07, 6.45) is 0. The Balaban J connectivity index is 0.00000200. The van der Waals surface area contributed by atoms with Crippen LogP contribution in [0.5, 0.6) is 5.75 Å². The predicted molar refractivity (Wildman–Crippen MR) is 78.8 cm³/mol. The molecule has 2 N–H and O–H groups in total. The van der Waals surface area contributed by atoms with Gasteiger partial charge in [-0.1, -0.05) is 11.8 Å². The number of aromatic nitrogens is 3. The summed E-state index contributed by atoms with van der Waals surface area (Å²) in [5, 5.41) is 8.81. The quantitative estimate of drug-likeness (QED) is 0.652. The van der Waals surface area contributed by atoms with Crippen molar-refractivity contribution in [1.29, 1.82) is 0 Å². The fourth-order valence-corrected chi connectivity index (χ4v) is 2.22. The van der Waals surface area contributed by atoms with E-state index >= 15 is 0 Å². The lowest BCUT2D eigenvalue weighted by Crippen LogP contribution is -2.06. The minimum absolute atomic E-state index is 0. The van der Waals surface area contributed by atoms with Crippen molar-refractivity contribution < 1.29 is 9.13 Å². The van der Waals surface area contributed by atoms with Crippen LogP contribution in [0.25, 0.3) is 0 Å². The van der Waals surface area contributed by atoms with Crippen LogP contribution in [0.15, 0.2) is 29.4 Å². The molecule has 2 rings (SSSR count). The number of thioether (sulfide) groups is 1. The van der Waals surface area contributed by atoms with E-state index in [0.29, 0.717) is 18.9 Å². The van der Waals surface area contributed by atoms with E-state index in [4.69, 9.17) is 10.5 Å². The summed E-state index contributed by atoms with van der Waals surface area (Å²) in [5.74, 6) is 1.87. The molecular weight excluding hydrogens is 303 g/mol. The Bertz CT molecular complexity index is 535. The Morgan fingerprint density at radius 2 is 2.00 bits per heavy atom. The molecule has 0 atom stereocenters. The molecule has 0 unspecified atom stereocenters. The SMILES string of the molecule is Cl.Cn1c(CN)nnc1SCCOc1ccc(F)cc1. The van der Waals surface area contributed by atoms with Crippen LogP contribution in [0, 0.1) is 5.82 Å². The molecule has 0 radical (unpaired) electrons. The highest BCUT2D eigenvalue weighted by atomic mass is 35.5. The Morgan fingerprint density at radius 1 is 1.30 bits per heavy atom. The minimum Gasteiger partial charge on any atom is -0.493 e. The molecule has 8 heteroatoms. The van der Waals surface area contributed by atoms with Crippen LogP contribution >= 0.6 is 24.2 Å². The molecule has 0 amide bonds. The van der Waals surface area contributed by atoms with E-state index in [-0.39, 0.29) is 18.2 Å². The molecule has 0 saturated carbocycles. The van der Waals surface area contributed by atoms with Crippen LogP contribution in [0.4, 0.5) is 4.39 Å². The van der Waals surface area contributed by atoms with Crippen molar-refractivity contribution in [2.75, 3.05) is 12.4 Å². The lowest BCUT2D eigenvalue weighted by molar-refractivity contribution is 0.343. The lowest BCUT2D eigenvalue weighted by Gasteiger charge is -2.05. The zero-order valence-electron chi connectivity index (χ0n) is 11.0. The highest BCUT2D eigenvalue weighted by Crippen LogP contribution is 2.16. The maximum absolute atomic E-state index is 12.7. The van der Waals surface area contributed by atoms with E-state index in [9.17, 15) is 4.39 Å². The van der Waals surface area contributed by atoms with Crippen LogP contribution < -0.4 is 10.5 Å². The smallest absolute Gasteiger partial charge is 0.191 e. The van der Waals surface area contributed by atoms with Crippen molar-refractivity contribution >= 4 is 24.2 Å². The summed E-state index contributed by atoms with van der Waals surface area (Å²) in [6, 6.07) is 5.96. The highest BCUT2D eigenvalue weighted by Gasteiger charge is 2.07. The first-order valence-electron chi connectivity index (χ1n) is 5.80. The molecule has 1 aromatic heterocycles. The molecule has 0 spiro atoms. The molecule has 2 aromatic rings.